The number of hydrogen-bond acceptors (Lipinski definition) is 20. The number of amides is 11. The van der Waals surface area contributed by atoms with Gasteiger partial charge in [-0.05, 0) is 139 Å². The summed E-state index contributed by atoms with van der Waals surface area (Å²) in [7, 11) is 10.8. The number of fused-ring (bicyclic) bond motifs is 3. The fourth-order valence-electron chi connectivity index (χ4n) is 11.7. The van der Waals surface area contributed by atoms with Crippen molar-refractivity contribution in [3.63, 3.8) is 0 Å². The number of carbonyl (C=O) groups is 11. The third-order valence-corrected chi connectivity index (χ3v) is 16.5. The number of rotatable bonds is 50. The molecule has 0 aliphatic carbocycles. The van der Waals surface area contributed by atoms with Gasteiger partial charge in [0.2, 0.25) is 53.2 Å². The first-order valence-corrected chi connectivity index (χ1v) is 34.1. The summed E-state index contributed by atoms with van der Waals surface area (Å²) in [5, 5.41) is 38.1. The second kappa shape index (κ2) is 53.7. The summed E-state index contributed by atoms with van der Waals surface area (Å²) in [6.45, 7) is 6.18. The number of nitrogens with zero attached hydrogens (tertiary/aromatic N) is 3. The smallest absolute Gasteiger partial charge is 0.321 e. The molecule has 0 spiro atoms. The van der Waals surface area contributed by atoms with Gasteiger partial charge in [0, 0.05) is 109 Å². The van der Waals surface area contributed by atoms with Gasteiger partial charge in [0.1, 0.15) is 11.6 Å². The Kier molecular flexibility index (Phi) is 50.3. The van der Waals surface area contributed by atoms with Gasteiger partial charge in [-0.3, -0.25) is 47.9 Å². The van der Waals surface area contributed by atoms with Crippen molar-refractivity contribution in [2.24, 2.45) is 5.73 Å². The van der Waals surface area contributed by atoms with Crippen molar-refractivity contribution in [1.82, 2.24) is 83.8 Å². The molecule has 11 amide bonds. The number of likely N-dealkylation sites (N-methyl/N-ethyl adjacent to an activating group) is 3. The molecule has 562 valence electrons. The topological polar surface area (TPSA) is 408 Å². The molecule has 4 aliphatic heterocycles. The summed E-state index contributed by atoms with van der Waals surface area (Å²) < 4.78 is 17.6. The quantitative estimate of drug-likeness (QED) is 0.0320. The van der Waals surface area contributed by atoms with Crippen molar-refractivity contribution < 1.29 is 67.0 Å². The van der Waals surface area contributed by atoms with Gasteiger partial charge in [0.25, 0.3) is 0 Å². The largest absolute Gasteiger partial charge is 0.379 e. The molecule has 4 aliphatic rings. The van der Waals surface area contributed by atoms with Crippen LogP contribution in [0.5, 0.6) is 0 Å². The van der Waals surface area contributed by atoms with Crippen molar-refractivity contribution in [2.75, 3.05) is 160 Å². The predicted octanol–water partition coefficient (Wildman–Crippen LogP) is -1.14. The number of ketones is 1. The monoisotopic (exact) mass is 1380 g/mol. The van der Waals surface area contributed by atoms with Crippen LogP contribution in [-0.4, -0.2) is 282 Å². The number of ether oxygens (including phenoxy) is 3. The Bertz CT molecular complexity index is 2160. The molecule has 4 unspecified atom stereocenters. The Balaban J connectivity index is 0.00000189. The average Bonchev–Trinajstić information content (AvgIpc) is 1.60. The SMILES string of the molecule is C.C.C.CNCC(=O)NCCCOCC(COCCCNC(=O)CNC)(COCCCNC(=O)CNC)NC(=O)CCC(N)=O.CNCCCCCCC(=O)NC1C[C@H]2C(=O)C3CC(NC(=O)CCCCCNC)CN3C(=O)N3CC(NC(=O)CCCCCNC)C[C@H]3C(=O)N2C1. The maximum Gasteiger partial charge on any atom is 0.321 e. The van der Waals surface area contributed by atoms with Gasteiger partial charge < -0.3 is 104 Å². The molecule has 0 saturated carbocycles. The standard InChI is InChI=1S/C37H65N9O6.C26H52N8O8.3CH4/c1-38-17-11-5-4-8-14-32(47)41-26-20-29-35(50)30-21-27(42-33(48)15-9-6-12-18-39-2)24-45(30)37(52)46-25-28(22-31(46)36(51)44(29)23-26)43-34(49)16-10-7-13-19-40-3;1-28-15-23(37)31-9-4-12-40-18-26(34-22(36)8-7-21(27)35,19-41-13-5-10-32-24(38)16-29-2)20-42-14-6-11-33-25(39)17-30-3;;;/h26-31,38-40H,4-25H2,1-3H3,(H,41,47)(H,42,48)(H,43,49);28-30H,4-20H2,1-3H3,(H2,27,35)(H,31,37)(H,32,38)(H,33,39)(H,34,36);3*1H4/t26?,27?,28?,29-,30?,31-;;;;/m0..../s1. The molecule has 0 aromatic carbocycles. The highest BCUT2D eigenvalue weighted by Crippen LogP contribution is 2.34. The first-order chi connectivity index (χ1) is 45.3. The highest BCUT2D eigenvalue weighted by atomic mass is 16.5. The summed E-state index contributed by atoms with van der Waals surface area (Å²) in [5.74, 6) is -2.22. The average molecular weight is 1380 g/mol. The Morgan fingerprint density at radius 1 is 0.402 bits per heavy atom. The van der Waals surface area contributed by atoms with Gasteiger partial charge in [-0.15, -0.1) is 0 Å². The van der Waals surface area contributed by atoms with Gasteiger partial charge >= 0.3 is 6.03 Å². The maximum atomic E-state index is 14.3. The van der Waals surface area contributed by atoms with E-state index in [1.807, 2.05) is 21.1 Å². The number of Topliss-reactive ketones (excluding diaryl/α,β-unsaturated/α-hetero) is 1. The molecule has 15 N–H and O–H groups in total. The predicted molar refractivity (Wildman–Crippen MR) is 375 cm³/mol. The molecule has 31 heteroatoms. The molecular weight excluding hydrogens is 1250 g/mol. The molecule has 0 radical (unpaired) electrons. The van der Waals surface area contributed by atoms with Gasteiger partial charge in [-0.25, -0.2) is 4.79 Å². The molecule has 31 nitrogen and oxygen atoms in total. The van der Waals surface area contributed by atoms with Gasteiger partial charge in [0.05, 0.1) is 51.5 Å². The second-order valence-electron chi connectivity index (χ2n) is 24.8. The molecule has 0 bridgehead atoms. The van der Waals surface area contributed by atoms with E-state index >= 15 is 0 Å². The van der Waals surface area contributed by atoms with Crippen LogP contribution in [0.15, 0.2) is 0 Å². The lowest BCUT2D eigenvalue weighted by Gasteiger charge is -2.34. The van der Waals surface area contributed by atoms with E-state index in [2.05, 4.69) is 69.1 Å². The molecule has 4 saturated heterocycles. The highest BCUT2D eigenvalue weighted by molar-refractivity contribution is 6.00. The van der Waals surface area contributed by atoms with Crippen LogP contribution in [0, 0.1) is 0 Å². The molecule has 4 fully saturated rings. The zero-order valence-electron chi connectivity index (χ0n) is 57.2. The molecule has 0 aromatic heterocycles. The van der Waals surface area contributed by atoms with Gasteiger partial charge in [0.15, 0.2) is 5.78 Å². The Labute approximate surface area is 578 Å². The van der Waals surface area contributed by atoms with Crippen molar-refractivity contribution in [1.29, 1.82) is 0 Å². The number of primary amides is 1. The highest BCUT2D eigenvalue weighted by Gasteiger charge is 2.54. The first-order valence-electron chi connectivity index (χ1n) is 34.1. The number of nitrogens with two attached hydrogens (primary N) is 1. The van der Waals surface area contributed by atoms with E-state index in [1.165, 1.54) is 9.80 Å². The van der Waals surface area contributed by atoms with E-state index in [4.69, 9.17) is 19.9 Å². The fourth-order valence-corrected chi connectivity index (χ4v) is 11.7. The Morgan fingerprint density at radius 2 is 0.742 bits per heavy atom. The third kappa shape index (κ3) is 37.0. The van der Waals surface area contributed by atoms with E-state index in [0.29, 0.717) is 78.0 Å². The summed E-state index contributed by atoms with van der Waals surface area (Å²) in [4.78, 5) is 145. The minimum Gasteiger partial charge on any atom is -0.379 e. The van der Waals surface area contributed by atoms with Gasteiger partial charge in [-0.2, -0.15) is 0 Å². The lowest BCUT2D eigenvalue weighted by atomic mass is 9.98. The fraction of sp³-hybridized carbons (Fsp3) is 0.833. The molecular formula is C66H129N17O14. The zero-order chi connectivity index (χ0) is 68.9. The summed E-state index contributed by atoms with van der Waals surface area (Å²) in [6.07, 6.45) is 12.5. The zero-order valence-corrected chi connectivity index (χ0v) is 57.2. The molecule has 0 aromatic rings. The lowest BCUT2D eigenvalue weighted by molar-refractivity contribution is -0.140. The van der Waals surface area contributed by atoms with Crippen LogP contribution in [0.4, 0.5) is 4.79 Å². The normalized spacial score (nSPS) is 18.6. The van der Waals surface area contributed by atoms with Crippen LogP contribution in [-0.2, 0) is 62.2 Å². The Morgan fingerprint density at radius 3 is 1.11 bits per heavy atom. The second-order valence-corrected chi connectivity index (χ2v) is 24.8. The molecule has 97 heavy (non-hydrogen) atoms. The number of hydrogen-bond donors (Lipinski definition) is 14. The van der Waals surface area contributed by atoms with Gasteiger partial charge in [-0.1, -0.05) is 48.0 Å². The van der Waals surface area contributed by atoms with Crippen molar-refractivity contribution >= 4 is 65.0 Å². The number of nitrogens with one attached hydrogen (secondary N) is 13. The van der Waals surface area contributed by atoms with Crippen LogP contribution in [0.1, 0.15) is 157 Å². The summed E-state index contributed by atoms with van der Waals surface area (Å²) in [5.41, 5.74) is 4.12. The number of carbonyl (C=O) groups excluding carboxylic acids is 11. The molecule has 4 heterocycles. The molecule has 4 rings (SSSR count). The minimum atomic E-state index is -1.09. The van der Waals surface area contributed by atoms with E-state index in [-0.39, 0.29) is 167 Å². The van der Waals surface area contributed by atoms with Crippen molar-refractivity contribution in [3.8, 4) is 0 Å². The lowest BCUT2D eigenvalue weighted by Crippen LogP contribution is -2.58. The van der Waals surface area contributed by atoms with E-state index in [1.54, 1.807) is 26.0 Å². The van der Waals surface area contributed by atoms with Crippen molar-refractivity contribution in [2.45, 2.75) is 199 Å². The molecule has 6 atom stereocenters. The Hall–Kier alpha value is -6.19. The third-order valence-electron chi connectivity index (χ3n) is 16.5. The maximum absolute atomic E-state index is 14.3. The van der Waals surface area contributed by atoms with Crippen LogP contribution >= 0.6 is 0 Å². The first kappa shape index (κ1) is 90.8. The van der Waals surface area contributed by atoms with Crippen LogP contribution in [0.25, 0.3) is 0 Å². The van der Waals surface area contributed by atoms with Crippen molar-refractivity contribution in [3.05, 3.63) is 0 Å². The summed E-state index contributed by atoms with van der Waals surface area (Å²) >= 11 is 0. The number of unbranched alkanes of at least 4 members (excludes halogenated alkanes) is 7. The van der Waals surface area contributed by atoms with E-state index in [9.17, 15) is 52.7 Å². The van der Waals surface area contributed by atoms with Crippen LogP contribution in [0.2, 0.25) is 0 Å². The summed E-state index contributed by atoms with van der Waals surface area (Å²) in [6, 6.07) is -4.05. The van der Waals surface area contributed by atoms with E-state index < -0.39 is 53.6 Å². The van der Waals surface area contributed by atoms with E-state index in [0.717, 1.165) is 83.8 Å². The minimum absolute atomic E-state index is 0. The van der Waals surface area contributed by atoms with Crippen LogP contribution in [0.3, 0.4) is 0 Å². The number of urea groups is 1. The van der Waals surface area contributed by atoms with Crippen LogP contribution < -0.4 is 74.9 Å².